The number of likely N-dealkylation sites (tertiary alicyclic amines) is 1. The summed E-state index contributed by atoms with van der Waals surface area (Å²) in [5.74, 6) is -3.85. The zero-order chi connectivity index (χ0) is 20.2. The number of carbonyl (C=O) groups excluding carboxylic acids is 2. The molecule has 28 heavy (non-hydrogen) atoms. The summed E-state index contributed by atoms with van der Waals surface area (Å²) in [5, 5.41) is 18.6. The van der Waals surface area contributed by atoms with E-state index in [2.05, 4.69) is 4.98 Å². The van der Waals surface area contributed by atoms with Gasteiger partial charge in [0.2, 0.25) is 11.8 Å². The number of phenolic OH excluding ortho intramolecular Hbond substituents is 1. The Bertz CT molecular complexity index is 1060. The summed E-state index contributed by atoms with van der Waals surface area (Å²) in [4.78, 5) is 52.5. The molecule has 2 aromatic rings. The second-order valence-corrected chi connectivity index (χ2v) is 8.50. The van der Waals surface area contributed by atoms with E-state index in [4.69, 9.17) is 9.84 Å². The highest BCUT2D eigenvalue weighted by Crippen LogP contribution is 2.53. The molecule has 3 heterocycles. The lowest BCUT2D eigenvalue weighted by Gasteiger charge is -2.30. The number of benzene rings is 1. The van der Waals surface area contributed by atoms with E-state index in [0.717, 1.165) is 28.0 Å². The van der Waals surface area contributed by atoms with E-state index in [-0.39, 0.29) is 16.4 Å². The molecule has 0 spiro atoms. The molecule has 1 aromatic heterocycles. The first kappa shape index (κ1) is 18.6. The molecule has 2 aliphatic rings. The van der Waals surface area contributed by atoms with E-state index in [1.807, 2.05) is 0 Å². The number of nitrogens with zero attached hydrogens (tertiary/aromatic N) is 1. The molecule has 11 heteroatoms. The number of methoxy groups -OCH3 is 1. The quantitative estimate of drug-likeness (QED) is 0.616. The summed E-state index contributed by atoms with van der Waals surface area (Å²) in [6, 6.07) is 4.57. The minimum atomic E-state index is -1.28. The van der Waals surface area contributed by atoms with Gasteiger partial charge in [-0.1, -0.05) is 29.2 Å². The van der Waals surface area contributed by atoms with Crippen molar-refractivity contribution in [3.8, 4) is 11.5 Å². The highest BCUT2D eigenvalue weighted by atomic mass is 32.2. The molecule has 2 amide bonds. The number of carboxylic acid groups (broad SMARTS) is 1. The third kappa shape index (κ3) is 2.78. The maximum Gasteiger partial charge on any atom is 0.323 e. The lowest BCUT2D eigenvalue weighted by molar-refractivity contribution is -0.149. The molecule has 0 bridgehead atoms. The number of aromatic nitrogens is 1. The van der Waals surface area contributed by atoms with Crippen LogP contribution in [0.25, 0.3) is 0 Å². The maximum absolute atomic E-state index is 13.0. The van der Waals surface area contributed by atoms with Crippen molar-refractivity contribution in [1.29, 1.82) is 0 Å². The number of fused-ring (bicyclic) bond motifs is 2. The number of carbonyl (C=O) groups is 3. The molecule has 1 saturated heterocycles. The van der Waals surface area contributed by atoms with Crippen molar-refractivity contribution in [2.24, 2.45) is 5.92 Å². The van der Waals surface area contributed by atoms with Gasteiger partial charge in [-0.05, 0) is 17.7 Å². The van der Waals surface area contributed by atoms with E-state index in [1.165, 1.54) is 13.2 Å². The maximum atomic E-state index is 13.0. The van der Waals surface area contributed by atoms with Crippen LogP contribution in [0.1, 0.15) is 16.4 Å². The first-order chi connectivity index (χ1) is 13.3. The van der Waals surface area contributed by atoms with Gasteiger partial charge in [0.1, 0.15) is 11.8 Å². The first-order valence-electron chi connectivity index (χ1n) is 8.15. The normalized spacial score (nSPS) is 23.5. The number of rotatable bonds is 4. The summed E-state index contributed by atoms with van der Waals surface area (Å²) in [6.45, 7) is -0.707. The van der Waals surface area contributed by atoms with Crippen LogP contribution in [0.15, 0.2) is 28.0 Å². The van der Waals surface area contributed by atoms with Crippen molar-refractivity contribution in [2.45, 2.75) is 16.2 Å². The summed E-state index contributed by atoms with van der Waals surface area (Å²) in [6.07, 6.45) is 0. The summed E-state index contributed by atoms with van der Waals surface area (Å²) in [7, 11) is 1.39. The van der Waals surface area contributed by atoms with Crippen LogP contribution in [0, 0.1) is 5.92 Å². The Labute approximate surface area is 165 Å². The summed E-state index contributed by atoms with van der Waals surface area (Å²) in [5.41, 5.74) is 0.583. The van der Waals surface area contributed by atoms with Gasteiger partial charge in [0.15, 0.2) is 11.5 Å². The van der Waals surface area contributed by atoms with Crippen molar-refractivity contribution in [1.82, 2.24) is 9.88 Å². The number of carboxylic acids is 1. The molecule has 4 rings (SSSR count). The minimum Gasteiger partial charge on any atom is -0.504 e. The van der Waals surface area contributed by atoms with E-state index in [9.17, 15) is 24.3 Å². The van der Waals surface area contributed by atoms with Gasteiger partial charge in [0, 0.05) is 10.8 Å². The van der Waals surface area contributed by atoms with Crippen LogP contribution in [0.5, 0.6) is 11.5 Å². The van der Waals surface area contributed by atoms with Gasteiger partial charge < -0.3 is 19.9 Å². The fourth-order valence-electron chi connectivity index (χ4n) is 3.61. The molecule has 146 valence electrons. The van der Waals surface area contributed by atoms with Gasteiger partial charge in [-0.3, -0.25) is 24.1 Å². The zero-order valence-corrected chi connectivity index (χ0v) is 16.0. The predicted octanol–water partition coefficient (Wildman–Crippen LogP) is 0.826. The standard InChI is InChI=1S/C17H14N2O7S2/c1-26-8-4-6(2-3-7(8)20)10-11-13(27-14-12(10)28-17(25)18-14)16(24)19(15(11)23)5-9(21)22/h2-4,10-11,13,20H,5H2,1H3,(H,18,25)(H,21,22)/t10-,11?,13?/m1/s1. The molecule has 9 nitrogen and oxygen atoms in total. The Morgan fingerprint density at radius 2 is 2.04 bits per heavy atom. The zero-order valence-electron chi connectivity index (χ0n) is 14.4. The molecule has 0 aliphatic carbocycles. The average molecular weight is 422 g/mol. The molecule has 2 unspecified atom stereocenters. The largest absolute Gasteiger partial charge is 0.504 e. The van der Waals surface area contributed by atoms with Crippen LogP contribution in [-0.2, 0) is 14.4 Å². The van der Waals surface area contributed by atoms with Crippen molar-refractivity contribution in [3.63, 3.8) is 0 Å². The topological polar surface area (TPSA) is 137 Å². The van der Waals surface area contributed by atoms with Crippen LogP contribution < -0.4 is 9.61 Å². The smallest absolute Gasteiger partial charge is 0.323 e. The first-order valence-corrected chi connectivity index (χ1v) is 9.85. The van der Waals surface area contributed by atoms with Crippen LogP contribution in [-0.4, -0.2) is 56.8 Å². The number of nitrogens with one attached hydrogen (secondary N) is 1. The number of aromatic hydroxyl groups is 1. The van der Waals surface area contributed by atoms with E-state index in [1.54, 1.807) is 12.1 Å². The Morgan fingerprint density at radius 3 is 2.71 bits per heavy atom. The number of imide groups is 1. The summed E-state index contributed by atoms with van der Waals surface area (Å²) < 4.78 is 5.14. The van der Waals surface area contributed by atoms with Gasteiger partial charge >= 0.3 is 10.8 Å². The molecular formula is C17H14N2O7S2. The number of thioether (sulfide) groups is 1. The predicted molar refractivity (Wildman–Crippen MR) is 98.9 cm³/mol. The molecule has 1 fully saturated rings. The second-order valence-electron chi connectivity index (χ2n) is 6.34. The van der Waals surface area contributed by atoms with Crippen LogP contribution in [0.4, 0.5) is 0 Å². The van der Waals surface area contributed by atoms with Crippen molar-refractivity contribution in [3.05, 3.63) is 38.3 Å². The Balaban J connectivity index is 1.87. The van der Waals surface area contributed by atoms with Crippen LogP contribution in [0.3, 0.4) is 0 Å². The highest BCUT2D eigenvalue weighted by Gasteiger charge is 2.56. The number of phenols is 1. The second kappa shape index (κ2) is 6.67. The number of aliphatic carboxylic acids is 1. The van der Waals surface area contributed by atoms with Gasteiger partial charge in [-0.15, -0.1) is 0 Å². The van der Waals surface area contributed by atoms with E-state index < -0.39 is 41.4 Å². The molecule has 1 aromatic carbocycles. The highest BCUT2D eigenvalue weighted by molar-refractivity contribution is 8.00. The fraction of sp³-hybridized carbons (Fsp3) is 0.294. The Hall–Kier alpha value is -2.79. The van der Waals surface area contributed by atoms with Crippen LogP contribution >= 0.6 is 23.1 Å². The number of hydrogen-bond donors (Lipinski definition) is 3. The van der Waals surface area contributed by atoms with Crippen molar-refractivity contribution >= 4 is 40.9 Å². The molecular weight excluding hydrogens is 408 g/mol. The Morgan fingerprint density at radius 1 is 1.29 bits per heavy atom. The van der Waals surface area contributed by atoms with E-state index >= 15 is 0 Å². The van der Waals surface area contributed by atoms with Crippen molar-refractivity contribution < 1.29 is 29.3 Å². The molecule has 3 atom stereocenters. The molecule has 3 N–H and O–H groups in total. The van der Waals surface area contributed by atoms with Crippen LogP contribution in [0.2, 0.25) is 0 Å². The third-order valence-electron chi connectivity index (χ3n) is 4.77. The SMILES string of the molecule is COc1cc([C@H]2c3sc(=O)[nH]c3SC3C(=O)N(CC(=O)O)C(=O)C32)ccc1O. The number of hydrogen-bond acceptors (Lipinski definition) is 8. The van der Waals surface area contributed by atoms with E-state index in [0.29, 0.717) is 15.5 Å². The Kier molecular flexibility index (Phi) is 4.42. The minimum absolute atomic E-state index is 0.0863. The fourth-order valence-corrected chi connectivity index (χ4v) is 6.15. The van der Waals surface area contributed by atoms with Gasteiger partial charge in [0.05, 0.1) is 18.1 Å². The lowest BCUT2D eigenvalue weighted by Crippen LogP contribution is -2.36. The lowest BCUT2D eigenvalue weighted by atomic mass is 9.83. The number of H-pyrrole nitrogens is 1. The number of ether oxygens (including phenoxy) is 1. The monoisotopic (exact) mass is 422 g/mol. The van der Waals surface area contributed by atoms with Gasteiger partial charge in [0.25, 0.3) is 0 Å². The molecule has 2 aliphatic heterocycles. The average Bonchev–Trinajstić information content (AvgIpc) is 3.12. The van der Waals surface area contributed by atoms with Gasteiger partial charge in [-0.25, -0.2) is 0 Å². The number of thiazole rings is 1. The number of amides is 2. The van der Waals surface area contributed by atoms with Crippen molar-refractivity contribution in [2.75, 3.05) is 13.7 Å². The van der Waals surface area contributed by atoms with Gasteiger partial charge in [-0.2, -0.15) is 0 Å². The molecule has 0 saturated carbocycles. The third-order valence-corrected chi connectivity index (χ3v) is 7.17. The summed E-state index contributed by atoms with van der Waals surface area (Å²) >= 11 is 2.02. The number of aromatic amines is 1. The molecule has 0 radical (unpaired) electrons.